The van der Waals surface area contributed by atoms with Crippen LogP contribution in [0.2, 0.25) is 0 Å². The first kappa shape index (κ1) is 27.1. The molecular weight excluding hydrogens is 495 g/mol. The van der Waals surface area contributed by atoms with E-state index in [1.165, 1.54) is 62.7 Å². The van der Waals surface area contributed by atoms with Crippen LogP contribution in [0.5, 0.6) is 11.5 Å². The number of rotatable bonds is 5. The molecule has 3 aromatic rings. The molecule has 2 N–H and O–H groups in total. The average Bonchev–Trinajstić information content (AvgIpc) is 3.46. The third-order valence-corrected chi connectivity index (χ3v) is 8.42. The molecule has 0 spiro atoms. The highest BCUT2D eigenvalue weighted by atomic mass is 35.5. The molecule has 4 heterocycles. The van der Waals surface area contributed by atoms with Crippen molar-refractivity contribution in [3.05, 3.63) is 41.5 Å². The Morgan fingerprint density at radius 1 is 0.889 bits per heavy atom. The summed E-state index contributed by atoms with van der Waals surface area (Å²) in [6, 6.07) is 13.0. The van der Waals surface area contributed by atoms with Crippen molar-refractivity contribution in [1.29, 1.82) is 0 Å². The first-order valence-electron chi connectivity index (χ1n) is 12.8. The summed E-state index contributed by atoms with van der Waals surface area (Å²) in [6.45, 7) is 4.64. The Kier molecular flexibility index (Phi) is 8.40. The second kappa shape index (κ2) is 11.2. The van der Waals surface area contributed by atoms with Gasteiger partial charge in [-0.15, -0.1) is 24.8 Å². The number of aromatic amines is 1. The molecule has 6 rings (SSSR count). The molecule has 3 aliphatic rings. The van der Waals surface area contributed by atoms with Crippen LogP contribution in [0.25, 0.3) is 22.4 Å². The first-order chi connectivity index (χ1) is 16.6. The highest BCUT2D eigenvalue weighted by Gasteiger charge is 2.37. The van der Waals surface area contributed by atoms with Gasteiger partial charge in [-0.1, -0.05) is 6.07 Å². The summed E-state index contributed by atoms with van der Waals surface area (Å²) in [5.41, 5.74) is 5.87. The fourth-order valence-electron chi connectivity index (χ4n) is 6.60. The molecule has 2 bridgehead atoms. The van der Waals surface area contributed by atoms with Crippen molar-refractivity contribution in [1.82, 2.24) is 20.2 Å². The number of ether oxygens (including phenoxy) is 2. The fraction of sp³-hybridized carbons (Fsp3) is 0.536. The molecule has 0 aliphatic carbocycles. The molecule has 0 saturated carbocycles. The number of imidazole rings is 1. The van der Waals surface area contributed by atoms with Crippen LogP contribution in [0, 0.1) is 6.92 Å². The van der Waals surface area contributed by atoms with E-state index in [9.17, 15) is 0 Å². The number of nitrogens with one attached hydrogen (secondary N) is 2. The van der Waals surface area contributed by atoms with Gasteiger partial charge in [0.15, 0.2) is 11.5 Å². The lowest BCUT2D eigenvalue weighted by Gasteiger charge is -2.41. The minimum absolute atomic E-state index is 0. The minimum Gasteiger partial charge on any atom is -0.493 e. The predicted molar refractivity (Wildman–Crippen MR) is 150 cm³/mol. The first-order valence-corrected chi connectivity index (χ1v) is 12.8. The van der Waals surface area contributed by atoms with Gasteiger partial charge in [-0.3, -0.25) is 0 Å². The van der Waals surface area contributed by atoms with E-state index in [-0.39, 0.29) is 24.8 Å². The van der Waals surface area contributed by atoms with Crippen LogP contribution in [0.3, 0.4) is 0 Å². The number of fused-ring (bicyclic) bond motifs is 3. The number of methoxy groups -OCH3 is 2. The van der Waals surface area contributed by atoms with Gasteiger partial charge in [0.1, 0.15) is 5.82 Å². The maximum absolute atomic E-state index is 5.49. The van der Waals surface area contributed by atoms with E-state index in [0.717, 1.165) is 46.3 Å². The number of likely N-dealkylation sites (tertiary alicyclic amines) is 1. The van der Waals surface area contributed by atoms with Gasteiger partial charge < -0.3 is 24.7 Å². The van der Waals surface area contributed by atoms with E-state index >= 15 is 0 Å². The van der Waals surface area contributed by atoms with Gasteiger partial charge in [0, 0.05) is 23.7 Å². The Morgan fingerprint density at radius 2 is 1.58 bits per heavy atom. The van der Waals surface area contributed by atoms with E-state index in [1.807, 2.05) is 18.2 Å². The van der Waals surface area contributed by atoms with Crippen molar-refractivity contribution < 1.29 is 9.47 Å². The van der Waals surface area contributed by atoms with Crippen molar-refractivity contribution in [2.45, 2.75) is 69.5 Å². The molecule has 3 fully saturated rings. The largest absolute Gasteiger partial charge is 0.493 e. The number of hydrogen-bond donors (Lipinski definition) is 2. The molecule has 196 valence electrons. The van der Waals surface area contributed by atoms with Crippen LogP contribution >= 0.6 is 24.8 Å². The summed E-state index contributed by atoms with van der Waals surface area (Å²) in [7, 11) is 3.32. The van der Waals surface area contributed by atoms with Gasteiger partial charge in [0.25, 0.3) is 0 Å². The maximum atomic E-state index is 5.49. The van der Waals surface area contributed by atoms with Crippen molar-refractivity contribution in [3.63, 3.8) is 0 Å². The number of H-pyrrole nitrogens is 1. The van der Waals surface area contributed by atoms with Gasteiger partial charge >= 0.3 is 0 Å². The van der Waals surface area contributed by atoms with E-state index in [4.69, 9.17) is 14.5 Å². The van der Waals surface area contributed by atoms with Gasteiger partial charge in [-0.05, 0) is 99.8 Å². The molecule has 3 aliphatic heterocycles. The van der Waals surface area contributed by atoms with E-state index in [2.05, 4.69) is 34.3 Å². The highest BCUT2D eigenvalue weighted by Crippen LogP contribution is 2.37. The molecule has 3 saturated heterocycles. The lowest BCUT2D eigenvalue weighted by Crippen LogP contribution is -2.50. The van der Waals surface area contributed by atoms with Crippen LogP contribution in [-0.4, -0.2) is 60.3 Å². The van der Waals surface area contributed by atoms with Crippen molar-refractivity contribution in [2.24, 2.45) is 0 Å². The lowest BCUT2D eigenvalue weighted by molar-refractivity contribution is 0.111. The smallest absolute Gasteiger partial charge is 0.161 e. The second-order valence-corrected chi connectivity index (χ2v) is 10.5. The second-order valence-electron chi connectivity index (χ2n) is 10.5. The van der Waals surface area contributed by atoms with Crippen LogP contribution < -0.4 is 14.8 Å². The van der Waals surface area contributed by atoms with Gasteiger partial charge in [-0.2, -0.15) is 0 Å². The van der Waals surface area contributed by atoms with Gasteiger partial charge in [0.2, 0.25) is 0 Å². The van der Waals surface area contributed by atoms with Crippen molar-refractivity contribution in [3.8, 4) is 22.9 Å². The molecule has 2 aromatic carbocycles. The summed E-state index contributed by atoms with van der Waals surface area (Å²) >= 11 is 0. The Bertz CT molecular complexity index is 1180. The summed E-state index contributed by atoms with van der Waals surface area (Å²) in [4.78, 5) is 11.3. The molecule has 1 aromatic heterocycles. The molecule has 36 heavy (non-hydrogen) atoms. The Balaban J connectivity index is 0.00000152. The standard InChI is InChI=1S/C28H36N4O2.2ClH/c1-17-12-20(18-8-10-32(11-9-18)23-15-21-5-6-22(16-23)29-21)13-24-27(17)31-28(30-24)19-4-7-25(33-2)26(14-19)34-3;;/h4,7,12-14,18,21-23,29H,5-6,8-11,15-16H2,1-3H3,(H,30,31);2*1H. The van der Waals surface area contributed by atoms with E-state index < -0.39 is 0 Å². The lowest BCUT2D eigenvalue weighted by atomic mass is 9.86. The molecule has 0 radical (unpaired) electrons. The normalized spacial score (nSPS) is 24.2. The number of hydrogen-bond acceptors (Lipinski definition) is 5. The van der Waals surface area contributed by atoms with Crippen LogP contribution in [0.15, 0.2) is 30.3 Å². The third-order valence-electron chi connectivity index (χ3n) is 8.42. The predicted octanol–water partition coefficient (Wildman–Crippen LogP) is 5.86. The van der Waals surface area contributed by atoms with Crippen LogP contribution in [0.4, 0.5) is 0 Å². The third kappa shape index (κ3) is 5.06. The molecule has 8 heteroatoms. The number of aryl methyl sites for hydroxylation is 1. The Labute approximate surface area is 226 Å². The zero-order valence-corrected chi connectivity index (χ0v) is 23.0. The number of aromatic nitrogens is 2. The highest BCUT2D eigenvalue weighted by molar-refractivity contribution is 5.86. The summed E-state index contributed by atoms with van der Waals surface area (Å²) in [5.74, 6) is 2.94. The quantitative estimate of drug-likeness (QED) is 0.430. The van der Waals surface area contributed by atoms with Crippen molar-refractivity contribution in [2.75, 3.05) is 27.3 Å². The van der Waals surface area contributed by atoms with E-state index in [1.54, 1.807) is 14.2 Å². The summed E-state index contributed by atoms with van der Waals surface area (Å²) in [6.07, 6.45) is 7.96. The topological polar surface area (TPSA) is 62.4 Å². The molecule has 0 amide bonds. The number of benzene rings is 2. The van der Waals surface area contributed by atoms with Crippen LogP contribution in [-0.2, 0) is 0 Å². The zero-order chi connectivity index (χ0) is 23.2. The van der Waals surface area contributed by atoms with E-state index in [0.29, 0.717) is 11.7 Å². The number of piperidine rings is 2. The Morgan fingerprint density at radius 3 is 2.25 bits per heavy atom. The molecular formula is C28H38Cl2N4O2. The minimum atomic E-state index is 0. The molecule has 2 unspecified atom stereocenters. The van der Waals surface area contributed by atoms with Gasteiger partial charge in [-0.25, -0.2) is 4.98 Å². The fourth-order valence-corrected chi connectivity index (χ4v) is 6.60. The SMILES string of the molecule is COc1ccc(-c2nc3c(C)cc(C4CCN(C5CC6CCC(C5)N6)CC4)cc3[nH]2)cc1OC.Cl.Cl. The maximum Gasteiger partial charge on any atom is 0.161 e. The summed E-state index contributed by atoms with van der Waals surface area (Å²) in [5, 5.41) is 3.79. The molecule has 2 atom stereocenters. The zero-order valence-electron chi connectivity index (χ0n) is 21.4. The monoisotopic (exact) mass is 532 g/mol. The number of halogens is 2. The van der Waals surface area contributed by atoms with Gasteiger partial charge in [0.05, 0.1) is 25.3 Å². The number of nitrogens with zero attached hydrogens (tertiary/aromatic N) is 2. The van der Waals surface area contributed by atoms with Crippen LogP contribution in [0.1, 0.15) is 55.6 Å². The Hall–Kier alpha value is -1.99. The summed E-state index contributed by atoms with van der Waals surface area (Å²) < 4.78 is 10.9. The average molecular weight is 534 g/mol. The van der Waals surface area contributed by atoms with Crippen molar-refractivity contribution >= 4 is 35.8 Å². The molecule has 6 nitrogen and oxygen atoms in total.